The number of para-hydroxylation sites is 1. The molecule has 1 spiro atoms. The molecule has 0 radical (unpaired) electrons. The summed E-state index contributed by atoms with van der Waals surface area (Å²) in [5.41, 5.74) is 7.42. The van der Waals surface area contributed by atoms with Crippen molar-refractivity contribution in [3.8, 4) is 0 Å². The fourth-order valence-corrected chi connectivity index (χ4v) is 7.11. The minimum absolute atomic E-state index is 0.173. The van der Waals surface area contributed by atoms with Crippen molar-refractivity contribution in [2.45, 2.75) is 56.0 Å². The lowest BCUT2D eigenvalue weighted by atomic mass is 9.64. The number of aromatic nitrogens is 1. The van der Waals surface area contributed by atoms with E-state index in [-0.39, 0.29) is 12.2 Å². The van der Waals surface area contributed by atoms with E-state index < -0.39 is 50.7 Å². The van der Waals surface area contributed by atoms with Crippen LogP contribution in [0.4, 0.5) is 0 Å². The topological polar surface area (TPSA) is 163 Å². The lowest BCUT2D eigenvalue weighted by molar-refractivity contribution is -0.136. The van der Waals surface area contributed by atoms with Gasteiger partial charge in [-0.15, -0.1) is 0 Å². The Morgan fingerprint density at radius 1 is 1.07 bits per heavy atom. The van der Waals surface area contributed by atoms with Crippen molar-refractivity contribution in [1.29, 1.82) is 0 Å². The molecule has 2 aliphatic rings. The van der Waals surface area contributed by atoms with Crippen LogP contribution in [0.25, 0.3) is 10.9 Å². The second-order valence-electron chi connectivity index (χ2n) is 11.9. The number of hydrogen-bond donors (Lipinski definition) is 5. The molecule has 11 heteroatoms. The van der Waals surface area contributed by atoms with Gasteiger partial charge in [0.1, 0.15) is 0 Å². The highest BCUT2D eigenvalue weighted by molar-refractivity contribution is 7.89. The van der Waals surface area contributed by atoms with E-state index in [9.17, 15) is 22.8 Å². The van der Waals surface area contributed by atoms with Crippen molar-refractivity contribution >= 4 is 38.5 Å². The summed E-state index contributed by atoms with van der Waals surface area (Å²) in [7, 11) is -3.89. The molecule has 3 atom stereocenters. The Morgan fingerprint density at radius 2 is 1.73 bits per heavy atom. The predicted octanol–water partition coefficient (Wildman–Crippen LogP) is 1.61. The second-order valence-corrected chi connectivity index (χ2v) is 13.6. The first kappa shape index (κ1) is 29.0. The van der Waals surface area contributed by atoms with Crippen LogP contribution in [0.5, 0.6) is 0 Å². The summed E-state index contributed by atoms with van der Waals surface area (Å²) in [5, 5.41) is 7.17. The van der Waals surface area contributed by atoms with Crippen LogP contribution >= 0.6 is 0 Å². The zero-order valence-electron chi connectivity index (χ0n) is 23.5. The Labute approximate surface area is 239 Å². The number of nitrogens with two attached hydrogens (primary N) is 1. The van der Waals surface area contributed by atoms with Crippen LogP contribution in [0.15, 0.2) is 54.7 Å². The minimum Gasteiger partial charge on any atom is -0.361 e. The zero-order valence-corrected chi connectivity index (χ0v) is 24.3. The number of ketones is 1. The molecule has 41 heavy (non-hydrogen) atoms. The molecule has 3 aromatic rings. The van der Waals surface area contributed by atoms with Crippen LogP contribution in [0.3, 0.4) is 0 Å². The Bertz CT molecular complexity index is 1600. The van der Waals surface area contributed by atoms with Crippen molar-refractivity contribution in [3.05, 3.63) is 71.4 Å². The molecule has 218 valence electrons. The summed E-state index contributed by atoms with van der Waals surface area (Å²) >= 11 is 0. The van der Waals surface area contributed by atoms with Gasteiger partial charge in [0.05, 0.1) is 23.8 Å². The zero-order chi connectivity index (χ0) is 29.6. The van der Waals surface area contributed by atoms with Crippen molar-refractivity contribution in [2.24, 2.45) is 11.7 Å². The summed E-state index contributed by atoms with van der Waals surface area (Å²) in [4.78, 5) is 45.0. The molecule has 5 rings (SSSR count). The number of piperidine rings is 1. The SMILES string of the molecule is CC(C)(N)C(=O)N[C@H](Cc1c[nH]c2ccccc12)C(=O)C1C(C(=O)NS(C)(=O)=O)c2ccccc2C12CCNCC2. The molecule has 2 unspecified atom stereocenters. The van der Waals surface area contributed by atoms with Crippen molar-refractivity contribution in [1.82, 2.24) is 20.3 Å². The molecular formula is C30H37N5O5S. The first-order valence-corrected chi connectivity index (χ1v) is 15.7. The number of carbonyl (C=O) groups is 3. The normalized spacial score (nSPS) is 20.9. The quantitative estimate of drug-likeness (QED) is 0.271. The number of sulfonamides is 1. The lowest BCUT2D eigenvalue weighted by Gasteiger charge is -2.42. The molecular weight excluding hydrogens is 542 g/mol. The maximum Gasteiger partial charge on any atom is 0.241 e. The van der Waals surface area contributed by atoms with Gasteiger partial charge in [-0.2, -0.15) is 0 Å². The molecule has 1 saturated heterocycles. The van der Waals surface area contributed by atoms with E-state index in [1.165, 1.54) is 0 Å². The first-order valence-electron chi connectivity index (χ1n) is 13.8. The van der Waals surface area contributed by atoms with E-state index in [0.29, 0.717) is 31.5 Å². The highest BCUT2D eigenvalue weighted by Gasteiger charge is 2.58. The van der Waals surface area contributed by atoms with Crippen molar-refractivity contribution < 1.29 is 22.8 Å². The van der Waals surface area contributed by atoms with Gasteiger partial charge in [-0.25, -0.2) is 8.42 Å². The standard InChI is InChI=1S/C30H37N5O5S/c1-29(2,31)28(38)34-23(16-18-17-33-22-11-7-5-8-19(18)22)26(36)25-24(27(37)35-41(3,39)40)20-9-4-6-10-21(20)30(25)12-14-32-15-13-30/h4-11,17,23-25,32-33H,12-16,31H2,1-3H3,(H,34,38)(H,35,37)/t23-,24?,25?/m1/s1. The molecule has 0 saturated carbocycles. The van der Waals surface area contributed by atoms with Crippen molar-refractivity contribution in [3.63, 3.8) is 0 Å². The Morgan fingerprint density at radius 3 is 2.41 bits per heavy atom. The predicted molar refractivity (Wildman–Crippen MR) is 157 cm³/mol. The van der Waals surface area contributed by atoms with Gasteiger partial charge in [0.25, 0.3) is 0 Å². The number of hydrogen-bond acceptors (Lipinski definition) is 7. The molecule has 10 nitrogen and oxygen atoms in total. The van der Waals surface area contributed by atoms with Crippen molar-refractivity contribution in [2.75, 3.05) is 19.3 Å². The fraction of sp³-hybridized carbons (Fsp3) is 0.433. The van der Waals surface area contributed by atoms with Crippen LogP contribution in [0.1, 0.15) is 49.3 Å². The molecule has 1 aliphatic carbocycles. The summed E-state index contributed by atoms with van der Waals surface area (Å²) in [6.07, 6.45) is 4.08. The van der Waals surface area contributed by atoms with Gasteiger partial charge in [-0.05, 0) is 62.5 Å². The van der Waals surface area contributed by atoms with E-state index in [1.807, 2.05) is 42.6 Å². The molecule has 1 aliphatic heterocycles. The van der Waals surface area contributed by atoms with E-state index in [1.54, 1.807) is 26.0 Å². The minimum atomic E-state index is -3.89. The molecule has 2 heterocycles. The molecule has 6 N–H and O–H groups in total. The first-order chi connectivity index (χ1) is 19.3. The van der Waals surface area contributed by atoms with Gasteiger partial charge in [-0.3, -0.25) is 19.1 Å². The summed E-state index contributed by atoms with van der Waals surface area (Å²) in [6.45, 7) is 4.40. The Hall–Kier alpha value is -3.54. The van der Waals surface area contributed by atoms with Crippen LogP contribution in [-0.2, 0) is 36.2 Å². The third-order valence-electron chi connectivity index (χ3n) is 8.46. The fourth-order valence-electron chi connectivity index (χ4n) is 6.62. The number of Topliss-reactive ketones (excluding diaryl/α,β-unsaturated/α-hetero) is 1. The van der Waals surface area contributed by atoms with Gasteiger partial charge < -0.3 is 21.4 Å². The third-order valence-corrected chi connectivity index (χ3v) is 9.04. The largest absolute Gasteiger partial charge is 0.361 e. The number of benzene rings is 2. The lowest BCUT2D eigenvalue weighted by Crippen LogP contribution is -2.58. The summed E-state index contributed by atoms with van der Waals surface area (Å²) in [5.74, 6) is -3.51. The van der Waals surface area contributed by atoms with Crippen LogP contribution in [0, 0.1) is 5.92 Å². The maximum atomic E-state index is 14.9. The van der Waals surface area contributed by atoms with E-state index in [2.05, 4.69) is 20.3 Å². The van der Waals surface area contributed by atoms with Gasteiger partial charge in [0.15, 0.2) is 5.78 Å². The van der Waals surface area contributed by atoms with Crippen LogP contribution in [-0.4, -0.2) is 61.9 Å². The van der Waals surface area contributed by atoms with E-state index >= 15 is 0 Å². The number of fused-ring (bicyclic) bond motifs is 3. The molecule has 2 amide bonds. The van der Waals surface area contributed by atoms with Crippen LogP contribution in [0.2, 0.25) is 0 Å². The maximum absolute atomic E-state index is 14.9. The Kier molecular flexibility index (Phi) is 7.56. The van der Waals surface area contributed by atoms with Crippen LogP contribution < -0.4 is 21.1 Å². The number of carbonyl (C=O) groups excluding carboxylic acids is 3. The van der Waals surface area contributed by atoms with E-state index in [0.717, 1.165) is 28.3 Å². The second kappa shape index (κ2) is 10.7. The third kappa shape index (κ3) is 5.53. The number of aromatic amines is 1. The molecule has 1 aromatic heterocycles. The van der Waals surface area contributed by atoms with E-state index in [4.69, 9.17) is 5.73 Å². The number of nitrogens with one attached hydrogen (secondary N) is 4. The molecule has 0 bridgehead atoms. The van der Waals surface area contributed by atoms with Gasteiger partial charge >= 0.3 is 0 Å². The average Bonchev–Trinajstić information content (AvgIpc) is 3.44. The number of amides is 2. The summed E-state index contributed by atoms with van der Waals surface area (Å²) in [6, 6.07) is 14.1. The smallest absolute Gasteiger partial charge is 0.241 e. The number of rotatable bonds is 8. The van der Waals surface area contributed by atoms with Gasteiger partial charge in [0.2, 0.25) is 21.8 Å². The highest BCUT2D eigenvalue weighted by Crippen LogP contribution is 2.56. The average molecular weight is 580 g/mol. The summed E-state index contributed by atoms with van der Waals surface area (Å²) < 4.78 is 26.5. The van der Waals surface area contributed by atoms with Gasteiger partial charge in [-0.1, -0.05) is 42.5 Å². The molecule has 2 aromatic carbocycles. The number of H-pyrrole nitrogens is 1. The van der Waals surface area contributed by atoms with Gasteiger partial charge in [0, 0.05) is 34.9 Å². The Balaban J connectivity index is 1.63. The monoisotopic (exact) mass is 579 g/mol. The molecule has 1 fully saturated rings. The highest BCUT2D eigenvalue weighted by atomic mass is 32.2.